The lowest BCUT2D eigenvalue weighted by Crippen LogP contribution is -2.22. The summed E-state index contributed by atoms with van der Waals surface area (Å²) in [5.74, 6) is 2.44. The first-order chi connectivity index (χ1) is 11.6. The molecule has 2 aromatic heterocycles. The summed E-state index contributed by atoms with van der Waals surface area (Å²) in [6, 6.07) is 7.46. The van der Waals surface area contributed by atoms with Gasteiger partial charge < -0.3 is 19.4 Å². The molecule has 0 fully saturated rings. The van der Waals surface area contributed by atoms with Crippen LogP contribution in [0, 0.1) is 0 Å². The fourth-order valence-corrected chi connectivity index (χ4v) is 2.17. The van der Waals surface area contributed by atoms with E-state index in [1.165, 1.54) is 0 Å². The van der Waals surface area contributed by atoms with Gasteiger partial charge in [0.05, 0.1) is 25.1 Å². The largest absolute Gasteiger partial charge is 0.497 e. The van der Waals surface area contributed by atoms with Crippen LogP contribution in [0.2, 0.25) is 0 Å². The number of halogens is 1. The van der Waals surface area contributed by atoms with Crippen LogP contribution in [0.1, 0.15) is 37.2 Å². The number of ether oxygens (including phenoxy) is 1. The molecule has 0 bridgehead atoms. The standard InChI is InChI=1S/C17H20N4O3.ClH/c1-10(11(2)18)16-20-15(21-24-16)8-13-9-23-17(19-13)12-4-6-14(22-3)7-5-12;/h4-7,9-11H,8,18H2,1-3H3;1H. The Balaban J connectivity index is 0.00000225. The first-order valence-electron chi connectivity index (χ1n) is 7.73. The van der Waals surface area contributed by atoms with E-state index in [4.69, 9.17) is 19.4 Å². The molecule has 2 heterocycles. The maximum absolute atomic E-state index is 5.85. The van der Waals surface area contributed by atoms with Crippen LogP contribution in [0.15, 0.2) is 39.5 Å². The zero-order valence-electron chi connectivity index (χ0n) is 14.3. The molecule has 0 radical (unpaired) electrons. The summed E-state index contributed by atoms with van der Waals surface area (Å²) in [6.45, 7) is 3.87. The van der Waals surface area contributed by atoms with Crippen molar-refractivity contribution in [2.45, 2.75) is 32.2 Å². The number of rotatable bonds is 6. The van der Waals surface area contributed by atoms with Crippen molar-refractivity contribution >= 4 is 12.4 Å². The third kappa shape index (κ3) is 4.37. The third-order valence-electron chi connectivity index (χ3n) is 3.89. The number of benzene rings is 1. The summed E-state index contributed by atoms with van der Waals surface area (Å²) in [5, 5.41) is 3.98. The Morgan fingerprint density at radius 1 is 1.16 bits per heavy atom. The molecule has 1 aromatic carbocycles. The zero-order chi connectivity index (χ0) is 17.1. The molecule has 2 N–H and O–H groups in total. The molecule has 134 valence electrons. The highest BCUT2D eigenvalue weighted by molar-refractivity contribution is 5.85. The van der Waals surface area contributed by atoms with Gasteiger partial charge in [-0.1, -0.05) is 12.1 Å². The molecule has 0 saturated carbocycles. The molecule has 0 aliphatic heterocycles. The zero-order valence-corrected chi connectivity index (χ0v) is 15.1. The van der Waals surface area contributed by atoms with Crippen LogP contribution >= 0.6 is 12.4 Å². The van der Waals surface area contributed by atoms with Crippen molar-refractivity contribution in [1.29, 1.82) is 0 Å². The number of nitrogens with two attached hydrogens (primary N) is 1. The molecule has 25 heavy (non-hydrogen) atoms. The minimum absolute atomic E-state index is 0. The van der Waals surface area contributed by atoms with Crippen molar-refractivity contribution in [3.8, 4) is 17.2 Å². The topological polar surface area (TPSA) is 100 Å². The molecule has 3 aromatic rings. The van der Waals surface area contributed by atoms with Gasteiger partial charge in [0.15, 0.2) is 5.82 Å². The monoisotopic (exact) mass is 364 g/mol. The summed E-state index contributed by atoms with van der Waals surface area (Å²) in [6.07, 6.45) is 2.04. The van der Waals surface area contributed by atoms with E-state index < -0.39 is 0 Å². The van der Waals surface area contributed by atoms with Gasteiger partial charge in [-0.15, -0.1) is 12.4 Å². The average molecular weight is 365 g/mol. The first kappa shape index (κ1) is 19.0. The van der Waals surface area contributed by atoms with Crippen molar-refractivity contribution in [1.82, 2.24) is 15.1 Å². The fraction of sp³-hybridized carbons (Fsp3) is 0.353. The maximum atomic E-state index is 5.85. The van der Waals surface area contributed by atoms with Crippen LogP contribution in [0.4, 0.5) is 0 Å². The van der Waals surface area contributed by atoms with Crippen molar-refractivity contribution in [3.63, 3.8) is 0 Å². The second-order valence-electron chi connectivity index (χ2n) is 5.75. The number of hydrogen-bond donors (Lipinski definition) is 1. The number of hydrogen-bond acceptors (Lipinski definition) is 7. The lowest BCUT2D eigenvalue weighted by molar-refractivity contribution is 0.343. The summed E-state index contributed by atoms with van der Waals surface area (Å²) in [7, 11) is 1.63. The normalized spacial score (nSPS) is 13.1. The van der Waals surface area contributed by atoms with E-state index in [1.807, 2.05) is 38.1 Å². The molecule has 3 rings (SSSR count). The molecule has 0 amide bonds. The van der Waals surface area contributed by atoms with Crippen LogP contribution in [0.3, 0.4) is 0 Å². The Kier molecular flexibility index (Phi) is 6.17. The van der Waals surface area contributed by atoms with Crippen molar-refractivity contribution in [2.75, 3.05) is 7.11 Å². The molecule has 0 saturated heterocycles. The number of nitrogens with zero attached hydrogens (tertiary/aromatic N) is 3. The van der Waals surface area contributed by atoms with Gasteiger partial charge in [0, 0.05) is 11.6 Å². The van der Waals surface area contributed by atoms with Crippen LogP contribution in [0.25, 0.3) is 11.5 Å². The lowest BCUT2D eigenvalue weighted by atomic mass is 10.1. The van der Waals surface area contributed by atoms with Crippen molar-refractivity contribution in [3.05, 3.63) is 47.9 Å². The summed E-state index contributed by atoms with van der Waals surface area (Å²) in [5.41, 5.74) is 7.47. The van der Waals surface area contributed by atoms with Crippen LogP contribution < -0.4 is 10.5 Å². The van der Waals surface area contributed by atoms with Crippen LogP contribution in [-0.4, -0.2) is 28.3 Å². The second kappa shape index (κ2) is 8.13. The minimum Gasteiger partial charge on any atom is -0.497 e. The number of methoxy groups -OCH3 is 1. The molecule has 8 heteroatoms. The Bertz CT molecular complexity index is 798. The van der Waals surface area contributed by atoms with E-state index in [0.717, 1.165) is 17.0 Å². The van der Waals surface area contributed by atoms with Crippen molar-refractivity contribution in [2.24, 2.45) is 5.73 Å². The highest BCUT2D eigenvalue weighted by Crippen LogP contribution is 2.23. The molecule has 2 atom stereocenters. The lowest BCUT2D eigenvalue weighted by Gasteiger charge is -2.09. The molecule has 0 aliphatic carbocycles. The SMILES string of the molecule is COc1ccc(-c2nc(Cc3noc(C(C)C(C)N)n3)co2)cc1.Cl. The molecular weight excluding hydrogens is 344 g/mol. The Labute approximate surface area is 152 Å². The third-order valence-corrected chi connectivity index (χ3v) is 3.89. The average Bonchev–Trinajstić information content (AvgIpc) is 3.24. The summed E-state index contributed by atoms with van der Waals surface area (Å²) < 4.78 is 15.9. The Morgan fingerprint density at radius 2 is 1.88 bits per heavy atom. The van der Waals surface area contributed by atoms with Gasteiger partial charge in [0.2, 0.25) is 11.8 Å². The van der Waals surface area contributed by atoms with E-state index in [1.54, 1.807) is 13.4 Å². The first-order valence-corrected chi connectivity index (χ1v) is 7.73. The van der Waals surface area contributed by atoms with Crippen LogP contribution in [-0.2, 0) is 6.42 Å². The second-order valence-corrected chi connectivity index (χ2v) is 5.75. The molecule has 7 nitrogen and oxygen atoms in total. The summed E-state index contributed by atoms with van der Waals surface area (Å²) in [4.78, 5) is 8.84. The maximum Gasteiger partial charge on any atom is 0.231 e. The van der Waals surface area contributed by atoms with Crippen molar-refractivity contribution < 1.29 is 13.7 Å². The summed E-state index contributed by atoms with van der Waals surface area (Å²) >= 11 is 0. The Hall–Kier alpha value is -2.38. The molecule has 0 spiro atoms. The number of aromatic nitrogens is 3. The Morgan fingerprint density at radius 3 is 2.52 bits per heavy atom. The smallest absolute Gasteiger partial charge is 0.231 e. The van der Waals surface area contributed by atoms with Gasteiger partial charge >= 0.3 is 0 Å². The van der Waals surface area contributed by atoms with Crippen LogP contribution in [0.5, 0.6) is 5.75 Å². The molecular formula is C17H21ClN4O3. The van der Waals surface area contributed by atoms with E-state index in [9.17, 15) is 0 Å². The van der Waals surface area contributed by atoms with E-state index >= 15 is 0 Å². The van der Waals surface area contributed by atoms with Gasteiger partial charge in [-0.2, -0.15) is 4.98 Å². The molecule has 2 unspecified atom stereocenters. The van der Waals surface area contributed by atoms with Gasteiger partial charge in [0.1, 0.15) is 12.0 Å². The number of oxazole rings is 1. The predicted octanol–water partition coefficient (Wildman–Crippen LogP) is 3.20. The van der Waals surface area contributed by atoms with Gasteiger partial charge in [-0.05, 0) is 31.2 Å². The van der Waals surface area contributed by atoms with E-state index in [-0.39, 0.29) is 24.4 Å². The fourth-order valence-electron chi connectivity index (χ4n) is 2.17. The van der Waals surface area contributed by atoms with E-state index in [2.05, 4.69) is 15.1 Å². The predicted molar refractivity (Wildman–Crippen MR) is 94.9 cm³/mol. The quantitative estimate of drug-likeness (QED) is 0.716. The highest BCUT2D eigenvalue weighted by atomic mass is 35.5. The van der Waals surface area contributed by atoms with Gasteiger partial charge in [-0.25, -0.2) is 4.98 Å². The molecule has 0 aliphatic rings. The van der Waals surface area contributed by atoms with E-state index in [0.29, 0.717) is 24.0 Å². The van der Waals surface area contributed by atoms with Gasteiger partial charge in [-0.3, -0.25) is 0 Å². The minimum atomic E-state index is -0.0491. The highest BCUT2D eigenvalue weighted by Gasteiger charge is 2.18. The van der Waals surface area contributed by atoms with Gasteiger partial charge in [0.25, 0.3) is 0 Å².